The van der Waals surface area contributed by atoms with Gasteiger partial charge >= 0.3 is 0 Å². The summed E-state index contributed by atoms with van der Waals surface area (Å²) in [6.45, 7) is 1.79. The Kier molecular flexibility index (Phi) is 4.13. The zero-order valence-corrected chi connectivity index (χ0v) is 11.2. The van der Waals surface area contributed by atoms with Crippen molar-refractivity contribution < 1.29 is 14.4 Å². The fourth-order valence-electron chi connectivity index (χ4n) is 1.66. The van der Waals surface area contributed by atoms with Crippen molar-refractivity contribution in [2.45, 2.75) is 6.92 Å². The molecule has 0 aliphatic carbocycles. The maximum absolute atomic E-state index is 13.6. The van der Waals surface area contributed by atoms with Crippen LogP contribution in [0.2, 0.25) is 0 Å². The molecule has 1 aromatic heterocycles. The zero-order valence-electron chi connectivity index (χ0n) is 11.2. The molecule has 0 saturated carbocycles. The van der Waals surface area contributed by atoms with Gasteiger partial charge in [-0.05, 0) is 36.8 Å². The molecule has 1 aromatic carbocycles. The van der Waals surface area contributed by atoms with Gasteiger partial charge in [0.25, 0.3) is 5.91 Å². The van der Waals surface area contributed by atoms with E-state index in [4.69, 9.17) is 10.9 Å². The van der Waals surface area contributed by atoms with Crippen molar-refractivity contribution in [2.24, 2.45) is 10.9 Å². The molecule has 6 nitrogen and oxygen atoms in total. The normalized spacial score (nSPS) is 11.2. The van der Waals surface area contributed by atoms with E-state index in [2.05, 4.69) is 15.5 Å². The molecule has 0 fully saturated rings. The summed E-state index contributed by atoms with van der Waals surface area (Å²) < 4.78 is 13.6. The lowest BCUT2D eigenvalue weighted by atomic mass is 10.2. The summed E-state index contributed by atoms with van der Waals surface area (Å²) in [7, 11) is 0. The van der Waals surface area contributed by atoms with Gasteiger partial charge in [0.2, 0.25) is 0 Å². The fraction of sp³-hybridized carbons (Fsp3) is 0.0714. The average Bonchev–Trinajstić information content (AvgIpc) is 2.50. The summed E-state index contributed by atoms with van der Waals surface area (Å²) in [5.41, 5.74) is 6.76. The van der Waals surface area contributed by atoms with Crippen molar-refractivity contribution in [3.05, 3.63) is 59.2 Å². The van der Waals surface area contributed by atoms with Crippen LogP contribution in [0, 0.1) is 12.7 Å². The highest BCUT2D eigenvalue weighted by Gasteiger charge is 2.11. The molecule has 1 amide bonds. The number of carbonyl (C=O) groups excluding carboxylic acids is 1. The number of amidine groups is 1. The van der Waals surface area contributed by atoms with Crippen LogP contribution in [-0.4, -0.2) is 21.9 Å². The van der Waals surface area contributed by atoms with E-state index in [1.54, 1.807) is 13.0 Å². The topological polar surface area (TPSA) is 101 Å². The van der Waals surface area contributed by atoms with E-state index in [0.717, 1.165) is 5.56 Å². The number of hydrogen-bond donors (Lipinski definition) is 3. The van der Waals surface area contributed by atoms with Crippen LogP contribution in [-0.2, 0) is 0 Å². The Bertz CT molecular complexity index is 699. The van der Waals surface area contributed by atoms with E-state index in [1.807, 2.05) is 0 Å². The third-order valence-electron chi connectivity index (χ3n) is 2.77. The van der Waals surface area contributed by atoms with Gasteiger partial charge in [0, 0.05) is 11.8 Å². The molecular formula is C14H13FN4O2. The van der Waals surface area contributed by atoms with Gasteiger partial charge in [0.1, 0.15) is 11.5 Å². The van der Waals surface area contributed by atoms with Gasteiger partial charge in [-0.2, -0.15) is 0 Å². The van der Waals surface area contributed by atoms with Crippen molar-refractivity contribution >= 4 is 17.4 Å². The maximum Gasteiger partial charge on any atom is 0.274 e. The molecule has 2 aromatic rings. The number of hydrogen-bond acceptors (Lipinski definition) is 4. The smallest absolute Gasteiger partial charge is 0.274 e. The summed E-state index contributed by atoms with van der Waals surface area (Å²) >= 11 is 0. The Morgan fingerprint density at radius 3 is 2.76 bits per heavy atom. The molecular weight excluding hydrogens is 275 g/mol. The molecule has 2 rings (SSSR count). The van der Waals surface area contributed by atoms with Gasteiger partial charge in [0.15, 0.2) is 5.84 Å². The Hall–Kier alpha value is -2.96. The number of rotatable bonds is 3. The van der Waals surface area contributed by atoms with Gasteiger partial charge in [-0.3, -0.25) is 9.78 Å². The molecule has 4 N–H and O–H groups in total. The van der Waals surface area contributed by atoms with E-state index in [9.17, 15) is 9.18 Å². The van der Waals surface area contributed by atoms with Crippen LogP contribution in [0.15, 0.2) is 41.7 Å². The summed E-state index contributed by atoms with van der Waals surface area (Å²) in [6, 6.07) is 7.28. The first-order valence-corrected chi connectivity index (χ1v) is 6.02. The van der Waals surface area contributed by atoms with Crippen LogP contribution in [0.3, 0.4) is 0 Å². The first-order chi connectivity index (χ1) is 10.0. The number of anilines is 1. The van der Waals surface area contributed by atoms with E-state index < -0.39 is 11.7 Å². The molecule has 0 radical (unpaired) electrons. The van der Waals surface area contributed by atoms with Gasteiger partial charge in [-0.1, -0.05) is 11.2 Å². The van der Waals surface area contributed by atoms with Crippen LogP contribution >= 0.6 is 0 Å². The predicted molar refractivity (Wildman–Crippen MR) is 75.8 cm³/mol. The minimum atomic E-state index is -0.550. The Morgan fingerprint density at radius 2 is 2.14 bits per heavy atom. The molecule has 0 atom stereocenters. The van der Waals surface area contributed by atoms with Gasteiger partial charge in [-0.25, -0.2) is 4.39 Å². The van der Waals surface area contributed by atoms with Crippen LogP contribution in [0.4, 0.5) is 10.1 Å². The van der Waals surface area contributed by atoms with Gasteiger partial charge < -0.3 is 16.3 Å². The van der Waals surface area contributed by atoms with Gasteiger partial charge in [-0.15, -0.1) is 0 Å². The second-order valence-corrected chi connectivity index (χ2v) is 4.35. The number of oxime groups is 1. The highest BCUT2D eigenvalue weighted by atomic mass is 19.1. The summed E-state index contributed by atoms with van der Waals surface area (Å²) in [5.74, 6) is -1.19. The number of halogens is 1. The van der Waals surface area contributed by atoms with Crippen molar-refractivity contribution in [2.75, 3.05) is 5.32 Å². The predicted octanol–water partition coefficient (Wildman–Crippen LogP) is 1.88. The van der Waals surface area contributed by atoms with Crippen LogP contribution in [0.5, 0.6) is 0 Å². The number of aryl methyl sites for hydroxylation is 1. The van der Waals surface area contributed by atoms with E-state index in [-0.39, 0.29) is 17.2 Å². The molecule has 0 bridgehead atoms. The minimum absolute atomic E-state index is 0.0855. The fourth-order valence-corrected chi connectivity index (χ4v) is 1.66. The highest BCUT2D eigenvalue weighted by molar-refractivity contribution is 6.03. The Labute approximate surface area is 120 Å². The Morgan fingerprint density at radius 1 is 1.38 bits per heavy atom. The largest absolute Gasteiger partial charge is 0.409 e. The number of carbonyl (C=O) groups is 1. The molecule has 108 valence electrons. The van der Waals surface area contributed by atoms with Gasteiger partial charge in [0.05, 0.1) is 5.69 Å². The first kappa shape index (κ1) is 14.4. The second kappa shape index (κ2) is 6.00. The van der Waals surface area contributed by atoms with E-state index in [0.29, 0.717) is 5.56 Å². The van der Waals surface area contributed by atoms with Crippen molar-refractivity contribution in [3.8, 4) is 0 Å². The zero-order chi connectivity index (χ0) is 15.4. The lowest BCUT2D eigenvalue weighted by Crippen LogP contribution is -2.17. The highest BCUT2D eigenvalue weighted by Crippen LogP contribution is 2.16. The lowest BCUT2D eigenvalue weighted by Gasteiger charge is -2.07. The molecule has 0 unspecified atom stereocenters. The van der Waals surface area contributed by atoms with E-state index in [1.165, 1.54) is 30.5 Å². The molecule has 0 saturated heterocycles. The number of nitrogens with one attached hydrogen (secondary N) is 1. The quantitative estimate of drug-likeness (QED) is 0.347. The first-order valence-electron chi connectivity index (χ1n) is 6.02. The standard InChI is InChI=1S/C14H13FN4O2/c1-8-2-4-10(15)12(6-8)18-14(20)11-5-3-9(7-17-11)13(16)19-21/h2-7,21H,1H3,(H2,16,19)(H,18,20). The SMILES string of the molecule is Cc1ccc(F)c(NC(=O)c2ccc(C(N)=NO)cn2)c1. The second-order valence-electron chi connectivity index (χ2n) is 4.35. The average molecular weight is 288 g/mol. The number of aromatic nitrogens is 1. The number of amides is 1. The summed E-state index contributed by atoms with van der Waals surface area (Å²) in [5, 5.41) is 13.8. The molecule has 0 aliphatic heterocycles. The monoisotopic (exact) mass is 288 g/mol. The number of pyridine rings is 1. The van der Waals surface area contributed by atoms with Crippen molar-refractivity contribution in [1.29, 1.82) is 0 Å². The van der Waals surface area contributed by atoms with Crippen molar-refractivity contribution in [1.82, 2.24) is 4.98 Å². The van der Waals surface area contributed by atoms with Crippen LogP contribution in [0.1, 0.15) is 21.6 Å². The summed E-state index contributed by atoms with van der Waals surface area (Å²) in [6.07, 6.45) is 1.29. The molecule has 0 aliphatic rings. The number of benzene rings is 1. The van der Waals surface area contributed by atoms with Crippen LogP contribution in [0.25, 0.3) is 0 Å². The third kappa shape index (κ3) is 3.33. The molecule has 7 heteroatoms. The minimum Gasteiger partial charge on any atom is -0.409 e. The van der Waals surface area contributed by atoms with Crippen LogP contribution < -0.4 is 11.1 Å². The maximum atomic E-state index is 13.6. The van der Waals surface area contributed by atoms with E-state index >= 15 is 0 Å². The molecule has 21 heavy (non-hydrogen) atoms. The Balaban J connectivity index is 2.19. The molecule has 1 heterocycles. The summed E-state index contributed by atoms with van der Waals surface area (Å²) in [4.78, 5) is 15.9. The number of nitrogens with two attached hydrogens (primary N) is 1. The molecule has 0 spiro atoms. The number of nitrogens with zero attached hydrogens (tertiary/aromatic N) is 2. The van der Waals surface area contributed by atoms with Crippen molar-refractivity contribution in [3.63, 3.8) is 0 Å². The lowest BCUT2D eigenvalue weighted by molar-refractivity contribution is 0.102. The third-order valence-corrected chi connectivity index (χ3v) is 2.77.